The first-order valence-electron chi connectivity index (χ1n) is 10.1. The van der Waals surface area contributed by atoms with Gasteiger partial charge in [0.2, 0.25) is 0 Å². The molecule has 0 amide bonds. The summed E-state index contributed by atoms with van der Waals surface area (Å²) in [5.74, 6) is -0.0414. The Hall–Kier alpha value is -2.15. The lowest BCUT2D eigenvalue weighted by Gasteiger charge is -2.22. The average Bonchev–Trinajstić information content (AvgIpc) is 3.48. The minimum atomic E-state index is -3.40. The number of aromatic nitrogens is 1. The lowest BCUT2D eigenvalue weighted by Crippen LogP contribution is -2.25. The molecular weight excluding hydrogens is 393 g/mol. The van der Waals surface area contributed by atoms with Crippen LogP contribution in [0.2, 0.25) is 0 Å². The van der Waals surface area contributed by atoms with Crippen molar-refractivity contribution in [3.63, 3.8) is 0 Å². The van der Waals surface area contributed by atoms with Crippen LogP contribution in [0.25, 0.3) is 11.1 Å². The Bertz CT molecular complexity index is 1120. The Labute approximate surface area is 170 Å². The molecule has 0 unspecified atom stereocenters. The predicted molar refractivity (Wildman–Crippen MR) is 110 cm³/mol. The van der Waals surface area contributed by atoms with Crippen LogP contribution in [0, 0.1) is 11.7 Å². The van der Waals surface area contributed by atoms with Crippen molar-refractivity contribution in [2.75, 3.05) is 12.9 Å². The van der Waals surface area contributed by atoms with E-state index in [0.29, 0.717) is 23.8 Å². The molecule has 2 aliphatic rings. The lowest BCUT2D eigenvalue weighted by atomic mass is 9.87. The second kappa shape index (κ2) is 7.59. The summed E-state index contributed by atoms with van der Waals surface area (Å²) >= 11 is 0. The van der Waals surface area contributed by atoms with Crippen molar-refractivity contribution in [1.29, 1.82) is 0 Å². The van der Waals surface area contributed by atoms with E-state index in [9.17, 15) is 17.6 Å². The van der Waals surface area contributed by atoms with E-state index < -0.39 is 15.7 Å². The van der Waals surface area contributed by atoms with Crippen LogP contribution in [0.3, 0.4) is 0 Å². The molecule has 5 nitrogen and oxygen atoms in total. The summed E-state index contributed by atoms with van der Waals surface area (Å²) in [6, 6.07) is 2.89. The summed E-state index contributed by atoms with van der Waals surface area (Å²) in [6.45, 7) is 0.520. The fraction of sp³-hybridized carbons (Fsp3) is 0.500. The van der Waals surface area contributed by atoms with Crippen molar-refractivity contribution in [3.8, 4) is 16.9 Å². The van der Waals surface area contributed by atoms with Crippen LogP contribution in [0.1, 0.15) is 42.4 Å². The van der Waals surface area contributed by atoms with Crippen LogP contribution < -0.4 is 10.3 Å². The van der Waals surface area contributed by atoms with Crippen molar-refractivity contribution in [1.82, 2.24) is 4.57 Å². The molecule has 1 fully saturated rings. The van der Waals surface area contributed by atoms with Crippen LogP contribution in [-0.2, 0) is 35.5 Å². The van der Waals surface area contributed by atoms with Crippen LogP contribution in [0.4, 0.5) is 4.39 Å². The molecule has 0 bridgehead atoms. The van der Waals surface area contributed by atoms with Gasteiger partial charge >= 0.3 is 0 Å². The van der Waals surface area contributed by atoms with Gasteiger partial charge in [0.15, 0.2) is 9.84 Å². The van der Waals surface area contributed by atoms with Gasteiger partial charge in [0, 0.05) is 47.8 Å². The summed E-state index contributed by atoms with van der Waals surface area (Å²) in [7, 11) is -1.68. The third-order valence-electron chi connectivity index (χ3n) is 5.72. The molecule has 1 aromatic heterocycles. The van der Waals surface area contributed by atoms with Gasteiger partial charge in [-0.2, -0.15) is 0 Å². The smallest absolute Gasteiger partial charge is 0.253 e. The molecule has 29 heavy (non-hydrogen) atoms. The van der Waals surface area contributed by atoms with Gasteiger partial charge in [-0.25, -0.2) is 12.8 Å². The van der Waals surface area contributed by atoms with E-state index >= 15 is 0 Å². The normalized spacial score (nSPS) is 16.5. The average molecular weight is 420 g/mol. The van der Waals surface area contributed by atoms with Crippen molar-refractivity contribution >= 4 is 9.84 Å². The number of fused-ring (bicyclic) bond motifs is 1. The predicted octanol–water partition coefficient (Wildman–Crippen LogP) is 3.40. The fourth-order valence-corrected chi connectivity index (χ4v) is 4.81. The zero-order valence-corrected chi connectivity index (χ0v) is 17.6. The third kappa shape index (κ3) is 4.39. The van der Waals surface area contributed by atoms with Gasteiger partial charge in [-0.3, -0.25) is 4.79 Å². The number of benzene rings is 1. The van der Waals surface area contributed by atoms with Gasteiger partial charge in [-0.1, -0.05) is 0 Å². The van der Waals surface area contributed by atoms with E-state index in [-0.39, 0.29) is 16.9 Å². The highest BCUT2D eigenvalue weighted by atomic mass is 32.2. The molecule has 1 heterocycles. The Morgan fingerprint density at radius 2 is 1.83 bits per heavy atom. The van der Waals surface area contributed by atoms with Crippen molar-refractivity contribution in [2.24, 2.45) is 13.0 Å². The van der Waals surface area contributed by atoms with E-state index in [0.717, 1.165) is 61.5 Å². The third-order valence-corrected chi connectivity index (χ3v) is 6.56. The van der Waals surface area contributed by atoms with Crippen molar-refractivity contribution < 1.29 is 17.5 Å². The molecule has 0 aliphatic heterocycles. The van der Waals surface area contributed by atoms with Gasteiger partial charge in [0.25, 0.3) is 5.56 Å². The maximum absolute atomic E-state index is 14.7. The van der Waals surface area contributed by atoms with Crippen molar-refractivity contribution in [3.05, 3.63) is 51.2 Å². The van der Waals surface area contributed by atoms with E-state index in [1.165, 1.54) is 6.07 Å². The van der Waals surface area contributed by atoms with Gasteiger partial charge in [-0.15, -0.1) is 0 Å². The topological polar surface area (TPSA) is 65.4 Å². The molecule has 0 N–H and O–H groups in total. The molecular formula is C22H26FNO4S. The molecule has 0 spiro atoms. The first kappa shape index (κ1) is 20.1. The number of hydrogen-bond donors (Lipinski definition) is 0. The van der Waals surface area contributed by atoms with Gasteiger partial charge in [-0.05, 0) is 56.1 Å². The summed E-state index contributed by atoms with van der Waals surface area (Å²) in [5.41, 5.74) is 3.41. The summed E-state index contributed by atoms with van der Waals surface area (Å²) in [6.07, 6.45) is 8.56. The second-order valence-electron chi connectivity index (χ2n) is 8.39. The van der Waals surface area contributed by atoms with Crippen LogP contribution in [0.5, 0.6) is 5.75 Å². The van der Waals surface area contributed by atoms with Crippen LogP contribution in [0.15, 0.2) is 23.1 Å². The van der Waals surface area contributed by atoms with Gasteiger partial charge < -0.3 is 9.30 Å². The summed E-state index contributed by atoms with van der Waals surface area (Å²) < 4.78 is 45.8. The molecule has 156 valence electrons. The molecule has 2 aliphatic carbocycles. The van der Waals surface area contributed by atoms with Crippen molar-refractivity contribution in [2.45, 2.75) is 44.3 Å². The highest BCUT2D eigenvalue weighted by Crippen LogP contribution is 2.39. The number of pyridine rings is 1. The zero-order chi connectivity index (χ0) is 20.8. The van der Waals surface area contributed by atoms with Gasteiger partial charge in [0.05, 0.1) is 12.4 Å². The largest absolute Gasteiger partial charge is 0.493 e. The summed E-state index contributed by atoms with van der Waals surface area (Å²) in [5, 5.41) is 0. The Morgan fingerprint density at radius 3 is 2.48 bits per heavy atom. The summed E-state index contributed by atoms with van der Waals surface area (Å²) in [4.78, 5) is 12.6. The van der Waals surface area contributed by atoms with Crippen LogP contribution in [-0.4, -0.2) is 25.8 Å². The number of ether oxygens (including phenoxy) is 1. The number of halogens is 1. The number of aryl methyl sites for hydroxylation is 1. The van der Waals surface area contributed by atoms with E-state index in [1.807, 2.05) is 0 Å². The Morgan fingerprint density at radius 1 is 1.14 bits per heavy atom. The molecule has 2 aromatic rings. The van der Waals surface area contributed by atoms with E-state index in [1.54, 1.807) is 23.9 Å². The Kier molecular flexibility index (Phi) is 5.27. The molecule has 4 rings (SSSR count). The van der Waals surface area contributed by atoms with E-state index in [2.05, 4.69) is 0 Å². The fourth-order valence-electron chi connectivity index (χ4n) is 4.03. The van der Waals surface area contributed by atoms with Crippen LogP contribution >= 0.6 is 0 Å². The zero-order valence-electron chi connectivity index (χ0n) is 16.8. The highest BCUT2D eigenvalue weighted by molar-refractivity contribution is 7.89. The SMILES string of the molecule is Cn1cc(-c2cc(CS(C)(=O)=O)c(F)cc2OCC2CC2)c2c(c1=O)CCCC2. The minimum absolute atomic E-state index is 0.00219. The molecule has 0 radical (unpaired) electrons. The molecule has 0 atom stereocenters. The number of sulfone groups is 1. The standard InChI is InChI=1S/C22H26FNO4S/c1-24-11-19(16-5-3-4-6-17(16)22(24)25)18-9-15(13-29(2,26)27)20(23)10-21(18)28-12-14-7-8-14/h9-11,14H,3-8,12-13H2,1-2H3. The lowest BCUT2D eigenvalue weighted by molar-refractivity contribution is 0.299. The molecule has 1 saturated carbocycles. The molecule has 0 saturated heterocycles. The Balaban J connectivity index is 1.89. The minimum Gasteiger partial charge on any atom is -0.493 e. The van der Waals surface area contributed by atoms with Gasteiger partial charge in [0.1, 0.15) is 11.6 Å². The highest BCUT2D eigenvalue weighted by Gasteiger charge is 2.26. The number of nitrogens with zero attached hydrogens (tertiary/aromatic N) is 1. The monoisotopic (exact) mass is 419 g/mol. The van der Waals surface area contributed by atoms with E-state index in [4.69, 9.17) is 4.74 Å². The maximum Gasteiger partial charge on any atom is 0.253 e. The second-order valence-corrected chi connectivity index (χ2v) is 10.5. The first-order chi connectivity index (χ1) is 13.7. The maximum atomic E-state index is 14.7. The number of hydrogen-bond acceptors (Lipinski definition) is 4. The molecule has 7 heteroatoms. The quantitative estimate of drug-likeness (QED) is 0.720. The first-order valence-corrected chi connectivity index (χ1v) is 12.1. The number of rotatable bonds is 6. The molecule has 1 aromatic carbocycles.